The minimum Gasteiger partial charge on any atom is -0.392 e. The van der Waals surface area contributed by atoms with Crippen LogP contribution in [-0.2, 0) is 0 Å². The average Bonchev–Trinajstić information content (AvgIpc) is 3.11. The summed E-state index contributed by atoms with van der Waals surface area (Å²) in [5.74, 6) is 1.30. The summed E-state index contributed by atoms with van der Waals surface area (Å²) in [5, 5.41) is 16.0. The summed E-state index contributed by atoms with van der Waals surface area (Å²) in [5.41, 5.74) is 2.93. The normalized spacial score (nSPS) is 12.2. The third-order valence-electron chi connectivity index (χ3n) is 3.98. The highest BCUT2D eigenvalue weighted by Crippen LogP contribution is 2.37. The number of thiophene rings is 1. The number of rotatable bonds is 5. The second-order valence-electron chi connectivity index (χ2n) is 6.04. The van der Waals surface area contributed by atoms with E-state index in [9.17, 15) is 5.11 Å². The lowest BCUT2D eigenvalue weighted by atomic mass is 10.1. The Bertz CT molecular complexity index is 1020. The maximum absolute atomic E-state index is 9.69. The zero-order valence-electron chi connectivity index (χ0n) is 14.3. The number of aromatic nitrogens is 3. The number of anilines is 1. The van der Waals surface area contributed by atoms with E-state index in [1.165, 1.54) is 0 Å². The molecule has 0 aliphatic rings. The predicted molar refractivity (Wildman–Crippen MR) is 106 cm³/mol. The molecule has 3 aromatic heterocycles. The molecule has 3 heterocycles. The third kappa shape index (κ3) is 3.29. The van der Waals surface area contributed by atoms with Crippen LogP contribution in [0.4, 0.5) is 5.82 Å². The van der Waals surface area contributed by atoms with Crippen molar-refractivity contribution in [3.05, 3.63) is 60.1 Å². The molecule has 0 aliphatic heterocycles. The molecule has 1 aromatic carbocycles. The van der Waals surface area contributed by atoms with E-state index in [1.54, 1.807) is 24.5 Å². The van der Waals surface area contributed by atoms with Crippen LogP contribution in [0.2, 0.25) is 0 Å². The Morgan fingerprint density at radius 1 is 1.08 bits per heavy atom. The Balaban J connectivity index is 1.89. The minimum atomic E-state index is -0.475. The van der Waals surface area contributed by atoms with Crippen LogP contribution in [0.5, 0.6) is 0 Å². The lowest BCUT2D eigenvalue weighted by Crippen LogP contribution is -2.16. The second kappa shape index (κ2) is 7.19. The quantitative estimate of drug-likeness (QED) is 0.556. The molecule has 2 N–H and O–H groups in total. The van der Waals surface area contributed by atoms with Gasteiger partial charge in [0.15, 0.2) is 5.82 Å². The van der Waals surface area contributed by atoms with Gasteiger partial charge >= 0.3 is 0 Å². The number of pyridine rings is 1. The fourth-order valence-electron chi connectivity index (χ4n) is 2.75. The summed E-state index contributed by atoms with van der Waals surface area (Å²) >= 11 is 1.58. The third-order valence-corrected chi connectivity index (χ3v) is 4.85. The van der Waals surface area contributed by atoms with Crippen LogP contribution < -0.4 is 5.32 Å². The predicted octanol–water partition coefficient (Wildman–Crippen LogP) is 4.21. The number of benzene rings is 1. The first kappa shape index (κ1) is 16.6. The Morgan fingerprint density at radius 2 is 1.88 bits per heavy atom. The van der Waals surface area contributed by atoms with Gasteiger partial charge in [-0.25, -0.2) is 9.97 Å². The molecule has 0 spiro atoms. The topological polar surface area (TPSA) is 70.9 Å². The van der Waals surface area contributed by atoms with Crippen molar-refractivity contribution in [3.8, 4) is 22.6 Å². The Labute approximate surface area is 155 Å². The Morgan fingerprint density at radius 3 is 2.62 bits per heavy atom. The van der Waals surface area contributed by atoms with Gasteiger partial charge in [-0.3, -0.25) is 4.98 Å². The van der Waals surface area contributed by atoms with Crippen LogP contribution in [0.25, 0.3) is 32.9 Å². The van der Waals surface area contributed by atoms with Crippen LogP contribution >= 0.6 is 11.3 Å². The molecule has 4 aromatic rings. The van der Waals surface area contributed by atoms with Gasteiger partial charge in [0.25, 0.3) is 0 Å². The zero-order chi connectivity index (χ0) is 17.9. The number of fused-ring (bicyclic) bond motifs is 1. The Hall–Kier alpha value is -2.83. The van der Waals surface area contributed by atoms with E-state index in [0.717, 1.165) is 32.9 Å². The van der Waals surface area contributed by atoms with E-state index in [-0.39, 0.29) is 0 Å². The van der Waals surface area contributed by atoms with Crippen LogP contribution in [0.3, 0.4) is 0 Å². The number of aliphatic hydroxyl groups excluding tert-OH is 1. The van der Waals surface area contributed by atoms with Crippen LogP contribution in [0.15, 0.2) is 60.1 Å². The number of hydrogen-bond donors (Lipinski definition) is 2. The molecule has 6 heteroatoms. The number of nitrogens with one attached hydrogen (secondary N) is 1. The van der Waals surface area contributed by atoms with Crippen molar-refractivity contribution in [1.82, 2.24) is 15.0 Å². The standard InChI is InChI=1S/C20H18N4OS/c1-13(25)11-22-19-17-15(14-7-3-2-4-8-14)12-26-20(17)24-18(23-19)16-9-5-6-10-21-16/h2-10,12-13,25H,11H2,1H3,(H,22,23,24). The van der Waals surface area contributed by atoms with Crippen LogP contribution in [-0.4, -0.2) is 32.7 Å². The minimum absolute atomic E-state index is 0.415. The first-order valence-electron chi connectivity index (χ1n) is 8.40. The summed E-state index contributed by atoms with van der Waals surface area (Å²) < 4.78 is 0. The van der Waals surface area contributed by atoms with E-state index in [4.69, 9.17) is 9.97 Å². The molecule has 0 saturated heterocycles. The highest BCUT2D eigenvalue weighted by atomic mass is 32.1. The molecule has 0 radical (unpaired) electrons. The molecule has 0 amide bonds. The number of nitrogens with zero attached hydrogens (tertiary/aromatic N) is 3. The van der Waals surface area contributed by atoms with Gasteiger partial charge in [0.1, 0.15) is 16.3 Å². The molecule has 0 saturated carbocycles. The van der Waals surface area contributed by atoms with E-state index in [2.05, 4.69) is 27.8 Å². The average molecular weight is 362 g/mol. The van der Waals surface area contributed by atoms with Crippen LogP contribution in [0, 0.1) is 0 Å². The van der Waals surface area contributed by atoms with Crippen molar-refractivity contribution in [2.75, 3.05) is 11.9 Å². The van der Waals surface area contributed by atoms with E-state index >= 15 is 0 Å². The van der Waals surface area contributed by atoms with Gasteiger partial charge in [-0.05, 0) is 24.6 Å². The summed E-state index contributed by atoms with van der Waals surface area (Å²) in [6.45, 7) is 2.16. The smallest absolute Gasteiger partial charge is 0.181 e. The van der Waals surface area contributed by atoms with E-state index in [1.807, 2.05) is 36.4 Å². The highest BCUT2D eigenvalue weighted by Gasteiger charge is 2.16. The molecule has 1 unspecified atom stereocenters. The zero-order valence-corrected chi connectivity index (χ0v) is 15.1. The summed E-state index contributed by atoms with van der Waals surface area (Å²) in [4.78, 5) is 14.7. The molecular weight excluding hydrogens is 344 g/mol. The maximum Gasteiger partial charge on any atom is 0.181 e. The van der Waals surface area contributed by atoms with Crippen molar-refractivity contribution in [2.24, 2.45) is 0 Å². The van der Waals surface area contributed by atoms with E-state index in [0.29, 0.717) is 12.4 Å². The fourth-order valence-corrected chi connectivity index (χ4v) is 3.70. The monoisotopic (exact) mass is 362 g/mol. The van der Waals surface area contributed by atoms with Crippen molar-refractivity contribution in [3.63, 3.8) is 0 Å². The lowest BCUT2D eigenvalue weighted by Gasteiger charge is -2.11. The largest absolute Gasteiger partial charge is 0.392 e. The molecule has 1 atom stereocenters. The summed E-state index contributed by atoms with van der Waals surface area (Å²) in [7, 11) is 0. The molecule has 0 bridgehead atoms. The van der Waals surface area contributed by atoms with Gasteiger partial charge in [-0.2, -0.15) is 0 Å². The molecule has 0 fully saturated rings. The van der Waals surface area contributed by atoms with Gasteiger partial charge in [0.05, 0.1) is 11.5 Å². The first-order valence-corrected chi connectivity index (χ1v) is 9.28. The fraction of sp³-hybridized carbons (Fsp3) is 0.150. The van der Waals surface area contributed by atoms with Crippen molar-refractivity contribution in [2.45, 2.75) is 13.0 Å². The summed E-state index contributed by atoms with van der Waals surface area (Å²) in [6, 6.07) is 15.9. The molecular formula is C20H18N4OS. The highest BCUT2D eigenvalue weighted by molar-refractivity contribution is 7.17. The molecule has 130 valence electrons. The number of hydrogen-bond acceptors (Lipinski definition) is 6. The van der Waals surface area contributed by atoms with Crippen molar-refractivity contribution < 1.29 is 5.11 Å². The van der Waals surface area contributed by atoms with Gasteiger partial charge in [0.2, 0.25) is 0 Å². The van der Waals surface area contributed by atoms with Crippen molar-refractivity contribution >= 4 is 27.4 Å². The molecule has 26 heavy (non-hydrogen) atoms. The second-order valence-corrected chi connectivity index (χ2v) is 6.89. The van der Waals surface area contributed by atoms with Crippen LogP contribution in [0.1, 0.15) is 6.92 Å². The maximum atomic E-state index is 9.69. The first-order chi connectivity index (χ1) is 12.7. The molecule has 4 rings (SSSR count). The van der Waals surface area contributed by atoms with E-state index < -0.39 is 6.10 Å². The van der Waals surface area contributed by atoms with Gasteiger partial charge in [0, 0.05) is 23.7 Å². The van der Waals surface area contributed by atoms with Crippen molar-refractivity contribution in [1.29, 1.82) is 0 Å². The Kier molecular flexibility index (Phi) is 4.60. The number of aliphatic hydroxyl groups is 1. The molecule has 0 aliphatic carbocycles. The van der Waals surface area contributed by atoms with Gasteiger partial charge < -0.3 is 10.4 Å². The van der Waals surface area contributed by atoms with Gasteiger partial charge in [-0.15, -0.1) is 11.3 Å². The summed E-state index contributed by atoms with van der Waals surface area (Å²) in [6.07, 6.45) is 1.26. The SMILES string of the molecule is CC(O)CNc1nc(-c2ccccn2)nc2scc(-c3ccccc3)c12. The van der Waals surface area contributed by atoms with Gasteiger partial charge in [-0.1, -0.05) is 36.4 Å². The molecule has 5 nitrogen and oxygen atoms in total. The lowest BCUT2D eigenvalue weighted by molar-refractivity contribution is 0.208.